The number of para-hydroxylation sites is 1. The average molecular weight is 419 g/mol. The fourth-order valence-electron chi connectivity index (χ4n) is 3.44. The minimum absolute atomic E-state index is 0.146. The number of fused-ring (bicyclic) bond motifs is 1. The highest BCUT2D eigenvalue weighted by Crippen LogP contribution is 2.19. The van der Waals surface area contributed by atoms with Gasteiger partial charge in [-0.1, -0.05) is 12.1 Å². The molecule has 158 valence electrons. The molecule has 1 saturated heterocycles. The average Bonchev–Trinajstić information content (AvgIpc) is 2.79. The number of hydrazine groups is 1. The number of aromatic amines is 1. The molecular weight excluding hydrogens is 398 g/mol. The van der Waals surface area contributed by atoms with E-state index in [0.29, 0.717) is 34.5 Å². The summed E-state index contributed by atoms with van der Waals surface area (Å²) in [6.45, 7) is 2.41. The summed E-state index contributed by atoms with van der Waals surface area (Å²) < 4.78 is 0. The predicted molar refractivity (Wildman–Crippen MR) is 114 cm³/mol. The number of rotatable bonds is 5. The monoisotopic (exact) mass is 419 g/mol. The number of H-pyrrole nitrogens is 1. The fraction of sp³-hybridized carbons (Fsp3) is 0.227. The number of anilines is 1. The van der Waals surface area contributed by atoms with Gasteiger partial charge < -0.3 is 9.88 Å². The number of aromatic nitrogens is 2. The summed E-state index contributed by atoms with van der Waals surface area (Å²) >= 11 is 0. The highest BCUT2D eigenvalue weighted by Gasteiger charge is 2.24. The van der Waals surface area contributed by atoms with Gasteiger partial charge >= 0.3 is 0 Å². The Morgan fingerprint density at radius 1 is 1.06 bits per heavy atom. The van der Waals surface area contributed by atoms with Gasteiger partial charge in [0, 0.05) is 24.9 Å². The molecule has 2 heterocycles. The SMILES string of the molecule is CCN(Cc1nc2ccccc2c(=O)[nH]1)C(=O)c1ccc(N2NC(=O)CCC2=O)cc1. The second-order valence-corrected chi connectivity index (χ2v) is 7.16. The maximum atomic E-state index is 13.0. The van der Waals surface area contributed by atoms with E-state index in [0.717, 1.165) is 0 Å². The molecule has 0 radical (unpaired) electrons. The van der Waals surface area contributed by atoms with Crippen LogP contribution in [0.25, 0.3) is 10.9 Å². The van der Waals surface area contributed by atoms with E-state index in [1.54, 1.807) is 53.4 Å². The number of carbonyl (C=O) groups excluding carboxylic acids is 3. The van der Waals surface area contributed by atoms with E-state index in [1.807, 2.05) is 6.92 Å². The molecule has 2 aromatic carbocycles. The van der Waals surface area contributed by atoms with Crippen molar-refractivity contribution in [3.63, 3.8) is 0 Å². The van der Waals surface area contributed by atoms with Gasteiger partial charge in [-0.3, -0.25) is 24.6 Å². The molecule has 0 saturated carbocycles. The van der Waals surface area contributed by atoms with E-state index >= 15 is 0 Å². The smallest absolute Gasteiger partial charge is 0.258 e. The van der Waals surface area contributed by atoms with Crippen LogP contribution in [0, 0.1) is 0 Å². The number of nitrogens with zero attached hydrogens (tertiary/aromatic N) is 3. The standard InChI is InChI=1S/C22H21N5O4/c1-2-26(13-18-23-17-6-4-3-5-16(17)21(30)24-18)22(31)14-7-9-15(10-8-14)27-20(29)12-11-19(28)25-27/h3-10H,2,11-13H2,1H3,(H,25,28)(H,23,24,30). The highest BCUT2D eigenvalue weighted by molar-refractivity contribution is 6.01. The first-order valence-corrected chi connectivity index (χ1v) is 9.96. The summed E-state index contributed by atoms with van der Waals surface area (Å²) in [6.07, 6.45) is 0.315. The zero-order valence-electron chi connectivity index (χ0n) is 16.9. The molecule has 1 aromatic heterocycles. The van der Waals surface area contributed by atoms with Crippen LogP contribution in [0.3, 0.4) is 0 Å². The van der Waals surface area contributed by atoms with Crippen molar-refractivity contribution in [3.8, 4) is 0 Å². The van der Waals surface area contributed by atoms with Crippen molar-refractivity contribution in [2.75, 3.05) is 11.6 Å². The minimum atomic E-state index is -0.248. The number of benzene rings is 2. The first kappa shape index (κ1) is 20.3. The highest BCUT2D eigenvalue weighted by atomic mass is 16.2. The Morgan fingerprint density at radius 3 is 2.55 bits per heavy atom. The molecule has 0 atom stereocenters. The molecule has 0 unspecified atom stereocenters. The van der Waals surface area contributed by atoms with Crippen LogP contribution < -0.4 is 16.0 Å². The second-order valence-electron chi connectivity index (χ2n) is 7.16. The topological polar surface area (TPSA) is 115 Å². The minimum Gasteiger partial charge on any atom is -0.331 e. The van der Waals surface area contributed by atoms with Gasteiger partial charge in [-0.05, 0) is 43.3 Å². The van der Waals surface area contributed by atoms with Crippen molar-refractivity contribution >= 4 is 34.3 Å². The van der Waals surface area contributed by atoms with E-state index in [9.17, 15) is 19.2 Å². The van der Waals surface area contributed by atoms with Gasteiger partial charge in [-0.15, -0.1) is 0 Å². The lowest BCUT2D eigenvalue weighted by molar-refractivity contribution is -0.130. The summed E-state index contributed by atoms with van der Waals surface area (Å²) in [4.78, 5) is 57.6. The van der Waals surface area contributed by atoms with Crippen LogP contribution in [0.4, 0.5) is 5.69 Å². The summed E-state index contributed by atoms with van der Waals surface area (Å²) in [6, 6.07) is 13.5. The summed E-state index contributed by atoms with van der Waals surface area (Å²) in [5.41, 5.74) is 3.75. The fourth-order valence-corrected chi connectivity index (χ4v) is 3.44. The molecule has 0 spiro atoms. The number of hydrogen-bond donors (Lipinski definition) is 2. The van der Waals surface area contributed by atoms with Crippen LogP contribution in [-0.2, 0) is 16.1 Å². The number of amides is 3. The molecular formula is C22H21N5O4. The Bertz CT molecular complexity index is 1220. The predicted octanol–water partition coefficient (Wildman–Crippen LogP) is 1.74. The molecule has 31 heavy (non-hydrogen) atoms. The third-order valence-corrected chi connectivity index (χ3v) is 5.10. The molecule has 3 amide bonds. The van der Waals surface area contributed by atoms with Gasteiger partial charge in [-0.2, -0.15) is 0 Å². The van der Waals surface area contributed by atoms with Gasteiger partial charge in [0.1, 0.15) is 5.82 Å². The van der Waals surface area contributed by atoms with E-state index in [1.165, 1.54) is 5.01 Å². The molecule has 1 fully saturated rings. The van der Waals surface area contributed by atoms with Crippen molar-refractivity contribution in [3.05, 3.63) is 70.3 Å². The Labute approximate surface area is 177 Å². The van der Waals surface area contributed by atoms with Crippen LogP contribution in [0.5, 0.6) is 0 Å². The van der Waals surface area contributed by atoms with Crippen LogP contribution in [0.15, 0.2) is 53.3 Å². The molecule has 2 N–H and O–H groups in total. The lowest BCUT2D eigenvalue weighted by Gasteiger charge is -2.27. The van der Waals surface area contributed by atoms with Gasteiger partial charge in [0.25, 0.3) is 11.5 Å². The van der Waals surface area contributed by atoms with E-state index in [4.69, 9.17) is 0 Å². The van der Waals surface area contributed by atoms with Gasteiger partial charge in [0.2, 0.25) is 11.8 Å². The molecule has 4 rings (SSSR count). The molecule has 9 nitrogen and oxygen atoms in total. The summed E-state index contributed by atoms with van der Waals surface area (Å²) in [5, 5.41) is 1.69. The second kappa shape index (κ2) is 8.39. The molecule has 0 bridgehead atoms. The van der Waals surface area contributed by atoms with E-state index < -0.39 is 0 Å². The van der Waals surface area contributed by atoms with Crippen LogP contribution >= 0.6 is 0 Å². The van der Waals surface area contributed by atoms with E-state index in [-0.39, 0.29) is 42.7 Å². The van der Waals surface area contributed by atoms with Crippen molar-refractivity contribution in [1.29, 1.82) is 0 Å². The molecule has 1 aliphatic rings. The normalized spacial score (nSPS) is 13.9. The number of nitrogens with one attached hydrogen (secondary N) is 2. The van der Waals surface area contributed by atoms with Gasteiger partial charge in [0.15, 0.2) is 0 Å². The van der Waals surface area contributed by atoms with Crippen molar-refractivity contribution in [2.24, 2.45) is 0 Å². The Balaban J connectivity index is 1.53. The zero-order chi connectivity index (χ0) is 22.0. The number of carbonyl (C=O) groups is 3. The van der Waals surface area contributed by atoms with Crippen LogP contribution in [-0.4, -0.2) is 39.1 Å². The Hall–Kier alpha value is -4.01. The van der Waals surface area contributed by atoms with Crippen molar-refractivity contribution in [2.45, 2.75) is 26.3 Å². The third-order valence-electron chi connectivity index (χ3n) is 5.10. The van der Waals surface area contributed by atoms with Gasteiger partial charge in [0.05, 0.1) is 23.1 Å². The van der Waals surface area contributed by atoms with Crippen molar-refractivity contribution < 1.29 is 14.4 Å². The van der Waals surface area contributed by atoms with Crippen LogP contribution in [0.1, 0.15) is 35.9 Å². The zero-order valence-corrected chi connectivity index (χ0v) is 16.9. The Kier molecular flexibility index (Phi) is 5.48. The quantitative estimate of drug-likeness (QED) is 0.654. The maximum Gasteiger partial charge on any atom is 0.258 e. The molecule has 0 aliphatic carbocycles. The summed E-state index contributed by atoms with van der Waals surface area (Å²) in [7, 11) is 0. The van der Waals surface area contributed by atoms with E-state index in [2.05, 4.69) is 15.4 Å². The van der Waals surface area contributed by atoms with Crippen LogP contribution in [0.2, 0.25) is 0 Å². The Morgan fingerprint density at radius 2 is 1.81 bits per heavy atom. The largest absolute Gasteiger partial charge is 0.331 e. The summed E-state index contributed by atoms with van der Waals surface area (Å²) in [5.74, 6) is -0.273. The van der Waals surface area contributed by atoms with Gasteiger partial charge in [-0.25, -0.2) is 9.99 Å². The van der Waals surface area contributed by atoms with Crippen molar-refractivity contribution in [1.82, 2.24) is 20.3 Å². The number of hydrogen-bond acceptors (Lipinski definition) is 5. The maximum absolute atomic E-state index is 13.0. The lowest BCUT2D eigenvalue weighted by Crippen LogP contribution is -2.50. The molecule has 3 aromatic rings. The lowest BCUT2D eigenvalue weighted by atomic mass is 10.1. The first-order valence-electron chi connectivity index (χ1n) is 9.96. The third kappa shape index (κ3) is 4.16. The molecule has 1 aliphatic heterocycles. The first-order chi connectivity index (χ1) is 15.0. The molecule has 9 heteroatoms.